The lowest BCUT2D eigenvalue weighted by Crippen LogP contribution is -2.18. The van der Waals surface area contributed by atoms with Crippen LogP contribution in [0.1, 0.15) is 33.9 Å². The second kappa shape index (κ2) is 7.44. The van der Waals surface area contributed by atoms with Crippen LogP contribution in [0, 0.1) is 10.1 Å². The van der Waals surface area contributed by atoms with Crippen molar-refractivity contribution >= 4 is 23.4 Å². The Bertz CT molecular complexity index is 1030. The summed E-state index contributed by atoms with van der Waals surface area (Å²) in [5.41, 5.74) is 4.41. The third kappa shape index (κ3) is 3.40. The number of hydrogen-bond donors (Lipinski definition) is 0. The summed E-state index contributed by atoms with van der Waals surface area (Å²) in [6, 6.07) is 23.8. The SMILES string of the molecule is O=Cc1ccc(N2N=C(c3ccc([N+](=O)[O-])cc3)C[C@@H]2c2ccccc2)cc1. The van der Waals surface area contributed by atoms with E-state index in [2.05, 4.69) is 12.1 Å². The zero-order chi connectivity index (χ0) is 19.5. The number of carbonyl (C=O) groups excluding carboxylic acids is 1. The molecule has 1 aliphatic heterocycles. The number of nitrogens with zero attached hydrogens (tertiary/aromatic N) is 3. The van der Waals surface area contributed by atoms with E-state index in [1.165, 1.54) is 12.1 Å². The van der Waals surface area contributed by atoms with Crippen LogP contribution in [0.2, 0.25) is 0 Å². The first-order valence-electron chi connectivity index (χ1n) is 8.87. The normalized spacial score (nSPS) is 15.9. The number of nitro groups is 1. The van der Waals surface area contributed by atoms with Gasteiger partial charge in [0.2, 0.25) is 0 Å². The van der Waals surface area contributed by atoms with Gasteiger partial charge in [-0.15, -0.1) is 0 Å². The van der Waals surface area contributed by atoms with Gasteiger partial charge in [-0.05, 0) is 47.5 Å². The Kier molecular flexibility index (Phi) is 4.68. The van der Waals surface area contributed by atoms with Gasteiger partial charge in [-0.2, -0.15) is 5.10 Å². The topological polar surface area (TPSA) is 75.8 Å². The fourth-order valence-corrected chi connectivity index (χ4v) is 3.34. The van der Waals surface area contributed by atoms with Gasteiger partial charge in [0, 0.05) is 24.1 Å². The van der Waals surface area contributed by atoms with Crippen LogP contribution < -0.4 is 5.01 Å². The summed E-state index contributed by atoms with van der Waals surface area (Å²) in [6.07, 6.45) is 1.49. The van der Waals surface area contributed by atoms with Crippen molar-refractivity contribution in [3.63, 3.8) is 0 Å². The molecule has 1 aliphatic rings. The standard InChI is InChI=1S/C22H17N3O3/c26-15-16-6-10-19(11-7-16)24-22(18-4-2-1-3-5-18)14-21(23-24)17-8-12-20(13-9-17)25(27)28/h1-13,15,22H,14H2/t22-/m1/s1. The lowest BCUT2D eigenvalue weighted by atomic mass is 9.98. The number of anilines is 1. The van der Waals surface area contributed by atoms with Gasteiger partial charge in [-0.1, -0.05) is 30.3 Å². The Morgan fingerprint density at radius 1 is 0.964 bits per heavy atom. The first-order valence-corrected chi connectivity index (χ1v) is 8.87. The molecule has 0 aromatic heterocycles. The molecule has 3 aromatic carbocycles. The van der Waals surface area contributed by atoms with E-state index in [0.717, 1.165) is 28.8 Å². The highest BCUT2D eigenvalue weighted by molar-refractivity contribution is 6.03. The number of nitro benzene ring substituents is 1. The summed E-state index contributed by atoms with van der Waals surface area (Å²) in [5, 5.41) is 17.7. The first-order chi connectivity index (χ1) is 13.7. The molecule has 0 saturated carbocycles. The summed E-state index contributed by atoms with van der Waals surface area (Å²) in [7, 11) is 0. The van der Waals surface area contributed by atoms with E-state index < -0.39 is 4.92 Å². The molecule has 1 atom stereocenters. The highest BCUT2D eigenvalue weighted by Crippen LogP contribution is 2.36. The van der Waals surface area contributed by atoms with Crippen LogP contribution in [0.25, 0.3) is 0 Å². The zero-order valence-electron chi connectivity index (χ0n) is 14.9. The van der Waals surface area contributed by atoms with Crippen LogP contribution in [-0.2, 0) is 0 Å². The average Bonchev–Trinajstić information content (AvgIpc) is 3.20. The van der Waals surface area contributed by atoms with E-state index in [-0.39, 0.29) is 11.7 Å². The van der Waals surface area contributed by atoms with Crippen LogP contribution >= 0.6 is 0 Å². The highest BCUT2D eigenvalue weighted by atomic mass is 16.6. The molecule has 0 bridgehead atoms. The van der Waals surface area contributed by atoms with Crippen molar-refractivity contribution in [3.8, 4) is 0 Å². The number of rotatable bonds is 5. The fraction of sp³-hybridized carbons (Fsp3) is 0.0909. The van der Waals surface area contributed by atoms with Gasteiger partial charge in [-0.3, -0.25) is 19.9 Å². The van der Waals surface area contributed by atoms with Crippen LogP contribution in [-0.4, -0.2) is 16.9 Å². The van der Waals surface area contributed by atoms with Gasteiger partial charge in [0.25, 0.3) is 5.69 Å². The lowest BCUT2D eigenvalue weighted by Gasteiger charge is -2.24. The third-order valence-electron chi connectivity index (χ3n) is 4.80. The van der Waals surface area contributed by atoms with Crippen LogP contribution in [0.5, 0.6) is 0 Å². The monoisotopic (exact) mass is 371 g/mol. The van der Waals surface area contributed by atoms with Crippen molar-refractivity contribution in [1.29, 1.82) is 0 Å². The van der Waals surface area contributed by atoms with Crippen molar-refractivity contribution in [2.75, 3.05) is 5.01 Å². The van der Waals surface area contributed by atoms with Crippen LogP contribution in [0.3, 0.4) is 0 Å². The first kappa shape index (κ1) is 17.6. The van der Waals surface area contributed by atoms with Gasteiger partial charge in [0.1, 0.15) is 6.29 Å². The molecule has 0 radical (unpaired) electrons. The van der Waals surface area contributed by atoms with Crippen LogP contribution in [0.15, 0.2) is 84.0 Å². The maximum absolute atomic E-state index is 10.9. The number of hydrogen-bond acceptors (Lipinski definition) is 5. The number of benzene rings is 3. The van der Waals surface area contributed by atoms with Gasteiger partial charge < -0.3 is 0 Å². The number of non-ortho nitro benzene ring substituents is 1. The molecular formula is C22H17N3O3. The van der Waals surface area contributed by atoms with Crippen molar-refractivity contribution in [1.82, 2.24) is 0 Å². The second-order valence-corrected chi connectivity index (χ2v) is 6.54. The summed E-state index contributed by atoms with van der Waals surface area (Å²) < 4.78 is 0. The van der Waals surface area contributed by atoms with Crippen molar-refractivity contribution in [3.05, 3.63) is 106 Å². The minimum Gasteiger partial charge on any atom is -0.298 e. The van der Waals surface area contributed by atoms with Gasteiger partial charge in [0.15, 0.2) is 0 Å². The molecule has 0 unspecified atom stereocenters. The Balaban J connectivity index is 1.71. The quantitative estimate of drug-likeness (QED) is 0.368. The van der Waals surface area contributed by atoms with E-state index in [4.69, 9.17) is 5.10 Å². The molecule has 0 amide bonds. The molecule has 1 heterocycles. The molecule has 6 heteroatoms. The molecule has 0 saturated heterocycles. The largest absolute Gasteiger partial charge is 0.298 e. The number of aldehydes is 1. The van der Waals surface area contributed by atoms with Gasteiger partial charge in [0.05, 0.1) is 22.4 Å². The van der Waals surface area contributed by atoms with Gasteiger partial charge >= 0.3 is 0 Å². The van der Waals surface area contributed by atoms with Crippen molar-refractivity contribution in [2.45, 2.75) is 12.5 Å². The number of hydrazone groups is 1. The van der Waals surface area contributed by atoms with E-state index in [1.807, 2.05) is 35.3 Å². The molecule has 4 rings (SSSR count). The molecule has 6 nitrogen and oxygen atoms in total. The Hall–Kier alpha value is -3.80. The minimum atomic E-state index is -0.409. The molecule has 3 aromatic rings. The molecule has 0 aliphatic carbocycles. The Labute approximate surface area is 161 Å². The Morgan fingerprint density at radius 2 is 1.64 bits per heavy atom. The lowest BCUT2D eigenvalue weighted by molar-refractivity contribution is -0.384. The summed E-state index contributed by atoms with van der Waals surface area (Å²) in [5.74, 6) is 0. The zero-order valence-corrected chi connectivity index (χ0v) is 14.9. The van der Waals surface area contributed by atoms with Crippen molar-refractivity contribution < 1.29 is 9.72 Å². The molecule has 0 N–H and O–H groups in total. The third-order valence-corrected chi connectivity index (χ3v) is 4.80. The summed E-state index contributed by atoms with van der Waals surface area (Å²) in [6.45, 7) is 0. The smallest absolute Gasteiger partial charge is 0.269 e. The number of carbonyl (C=O) groups is 1. The minimum absolute atomic E-state index is 0.00785. The van der Waals surface area contributed by atoms with Crippen molar-refractivity contribution in [2.24, 2.45) is 5.10 Å². The van der Waals surface area contributed by atoms with E-state index in [9.17, 15) is 14.9 Å². The Morgan fingerprint density at radius 3 is 2.25 bits per heavy atom. The molecule has 0 fully saturated rings. The summed E-state index contributed by atoms with van der Waals surface area (Å²) in [4.78, 5) is 21.4. The molecular weight excluding hydrogens is 354 g/mol. The van der Waals surface area contributed by atoms with E-state index in [1.54, 1.807) is 24.3 Å². The molecule has 138 valence electrons. The molecule has 28 heavy (non-hydrogen) atoms. The van der Waals surface area contributed by atoms with E-state index >= 15 is 0 Å². The predicted molar refractivity (Wildman–Crippen MR) is 108 cm³/mol. The predicted octanol–water partition coefficient (Wildman–Crippen LogP) is 4.76. The summed E-state index contributed by atoms with van der Waals surface area (Å²) >= 11 is 0. The maximum atomic E-state index is 10.9. The maximum Gasteiger partial charge on any atom is 0.269 e. The highest BCUT2D eigenvalue weighted by Gasteiger charge is 2.30. The van der Waals surface area contributed by atoms with Crippen LogP contribution in [0.4, 0.5) is 11.4 Å². The second-order valence-electron chi connectivity index (χ2n) is 6.54. The average molecular weight is 371 g/mol. The fourth-order valence-electron chi connectivity index (χ4n) is 3.34. The van der Waals surface area contributed by atoms with Gasteiger partial charge in [-0.25, -0.2) is 0 Å². The molecule has 0 spiro atoms. The van der Waals surface area contributed by atoms with E-state index in [0.29, 0.717) is 12.0 Å².